The van der Waals surface area contributed by atoms with Crippen LogP contribution in [-0.2, 0) is 13.2 Å². The SMILES string of the molecule is OCc1ccc(OCc2ccc(Cl)c(F)c2)c(Br)c1. The summed E-state index contributed by atoms with van der Waals surface area (Å²) in [7, 11) is 0. The fraction of sp³-hybridized carbons (Fsp3) is 0.143. The van der Waals surface area contributed by atoms with Crippen LogP contribution in [-0.4, -0.2) is 5.11 Å². The molecule has 0 aromatic heterocycles. The summed E-state index contributed by atoms with van der Waals surface area (Å²) in [6, 6.07) is 9.85. The zero-order valence-electron chi connectivity index (χ0n) is 9.87. The average molecular weight is 346 g/mol. The van der Waals surface area contributed by atoms with Gasteiger partial charge in [0.25, 0.3) is 0 Å². The predicted molar refractivity (Wildman–Crippen MR) is 75.8 cm³/mol. The molecular formula is C14H11BrClFO2. The Bertz CT molecular complexity index is 590. The van der Waals surface area contributed by atoms with Crippen LogP contribution in [0.4, 0.5) is 4.39 Å². The maximum atomic E-state index is 13.3. The quantitative estimate of drug-likeness (QED) is 0.894. The first-order chi connectivity index (χ1) is 9.10. The van der Waals surface area contributed by atoms with Gasteiger partial charge in [0.05, 0.1) is 16.1 Å². The lowest BCUT2D eigenvalue weighted by Gasteiger charge is -2.09. The van der Waals surface area contributed by atoms with Crippen molar-refractivity contribution in [3.8, 4) is 5.75 Å². The second-order valence-electron chi connectivity index (χ2n) is 3.96. The van der Waals surface area contributed by atoms with Crippen molar-refractivity contribution in [2.45, 2.75) is 13.2 Å². The molecule has 2 aromatic rings. The van der Waals surface area contributed by atoms with Crippen LogP contribution in [0.1, 0.15) is 11.1 Å². The molecule has 0 aliphatic rings. The van der Waals surface area contributed by atoms with Crippen molar-refractivity contribution >= 4 is 27.5 Å². The number of hydrogen-bond donors (Lipinski definition) is 1. The average Bonchev–Trinajstić information content (AvgIpc) is 2.41. The van der Waals surface area contributed by atoms with E-state index >= 15 is 0 Å². The van der Waals surface area contributed by atoms with Crippen molar-refractivity contribution in [1.82, 2.24) is 0 Å². The summed E-state index contributed by atoms with van der Waals surface area (Å²) in [5, 5.41) is 9.10. The second-order valence-corrected chi connectivity index (χ2v) is 5.22. The molecule has 0 amide bonds. The molecule has 0 saturated carbocycles. The smallest absolute Gasteiger partial charge is 0.142 e. The molecule has 100 valence electrons. The van der Waals surface area contributed by atoms with Crippen molar-refractivity contribution < 1.29 is 14.2 Å². The lowest BCUT2D eigenvalue weighted by atomic mass is 10.2. The highest BCUT2D eigenvalue weighted by molar-refractivity contribution is 9.10. The Morgan fingerprint density at radius 3 is 2.53 bits per heavy atom. The number of aliphatic hydroxyl groups is 1. The first kappa shape index (κ1) is 14.3. The van der Waals surface area contributed by atoms with Crippen LogP contribution in [0.25, 0.3) is 0 Å². The largest absolute Gasteiger partial charge is 0.488 e. The van der Waals surface area contributed by atoms with Gasteiger partial charge >= 0.3 is 0 Å². The summed E-state index contributed by atoms with van der Waals surface area (Å²) in [6.07, 6.45) is 0. The van der Waals surface area contributed by atoms with E-state index in [-0.39, 0.29) is 18.2 Å². The monoisotopic (exact) mass is 344 g/mol. The van der Waals surface area contributed by atoms with E-state index in [0.717, 1.165) is 10.0 Å². The molecular weight excluding hydrogens is 335 g/mol. The third kappa shape index (κ3) is 3.69. The standard InChI is InChI=1S/C14H11BrClFO2/c15-11-5-9(7-18)2-4-14(11)19-8-10-1-3-12(16)13(17)6-10/h1-6,18H,7-8H2. The van der Waals surface area contributed by atoms with Crippen LogP contribution >= 0.6 is 27.5 Å². The maximum Gasteiger partial charge on any atom is 0.142 e. The number of hydrogen-bond acceptors (Lipinski definition) is 2. The first-order valence-electron chi connectivity index (χ1n) is 5.56. The van der Waals surface area contributed by atoms with Crippen LogP contribution in [0.15, 0.2) is 40.9 Å². The predicted octanol–water partition coefficient (Wildman–Crippen LogP) is 4.31. The zero-order chi connectivity index (χ0) is 13.8. The van der Waals surface area contributed by atoms with Gasteiger partial charge in [0, 0.05) is 0 Å². The van der Waals surface area contributed by atoms with Crippen LogP contribution < -0.4 is 4.74 Å². The molecule has 0 spiro atoms. The zero-order valence-corrected chi connectivity index (χ0v) is 12.2. The molecule has 0 bridgehead atoms. The Balaban J connectivity index is 2.07. The van der Waals surface area contributed by atoms with Gasteiger partial charge in [-0.1, -0.05) is 23.7 Å². The summed E-state index contributed by atoms with van der Waals surface area (Å²) in [5.74, 6) is 0.171. The van der Waals surface area contributed by atoms with Crippen molar-refractivity contribution in [3.63, 3.8) is 0 Å². The van der Waals surface area contributed by atoms with Crippen LogP contribution in [0.3, 0.4) is 0 Å². The molecule has 19 heavy (non-hydrogen) atoms. The third-order valence-corrected chi connectivity index (χ3v) is 3.48. The summed E-state index contributed by atoms with van der Waals surface area (Å²) < 4.78 is 19.6. The Morgan fingerprint density at radius 2 is 1.89 bits per heavy atom. The van der Waals surface area contributed by atoms with E-state index in [1.165, 1.54) is 12.1 Å². The number of halogens is 3. The molecule has 2 aromatic carbocycles. The number of benzene rings is 2. The minimum Gasteiger partial charge on any atom is -0.488 e. The summed E-state index contributed by atoms with van der Waals surface area (Å²) >= 11 is 8.97. The molecule has 0 aliphatic heterocycles. The molecule has 0 radical (unpaired) electrons. The van der Waals surface area contributed by atoms with Gasteiger partial charge in [0.2, 0.25) is 0 Å². The van der Waals surface area contributed by atoms with Crippen LogP contribution in [0, 0.1) is 5.82 Å². The van der Waals surface area contributed by atoms with Crippen LogP contribution in [0.2, 0.25) is 5.02 Å². The molecule has 0 saturated heterocycles. The molecule has 0 atom stereocenters. The maximum absolute atomic E-state index is 13.3. The van der Waals surface area contributed by atoms with Crippen molar-refractivity contribution in [2.75, 3.05) is 0 Å². The number of rotatable bonds is 4. The lowest BCUT2D eigenvalue weighted by Crippen LogP contribution is -1.97. The minimum absolute atomic E-state index is 0.0265. The van der Waals surface area contributed by atoms with Crippen molar-refractivity contribution in [3.05, 3.63) is 62.8 Å². The number of aliphatic hydroxyl groups excluding tert-OH is 1. The van der Waals surface area contributed by atoms with Gasteiger partial charge in [-0.3, -0.25) is 0 Å². The van der Waals surface area contributed by atoms with Gasteiger partial charge < -0.3 is 9.84 Å². The molecule has 0 fully saturated rings. The first-order valence-corrected chi connectivity index (χ1v) is 6.73. The van der Waals surface area contributed by atoms with E-state index < -0.39 is 5.82 Å². The van der Waals surface area contributed by atoms with E-state index in [1.54, 1.807) is 24.3 Å². The fourth-order valence-electron chi connectivity index (χ4n) is 1.55. The molecule has 2 rings (SSSR count). The third-order valence-electron chi connectivity index (χ3n) is 2.56. The Morgan fingerprint density at radius 1 is 1.16 bits per heavy atom. The summed E-state index contributed by atoms with van der Waals surface area (Å²) in [4.78, 5) is 0. The van der Waals surface area contributed by atoms with E-state index in [0.29, 0.717) is 11.3 Å². The summed E-state index contributed by atoms with van der Waals surface area (Å²) in [5.41, 5.74) is 1.48. The normalized spacial score (nSPS) is 10.5. The number of ether oxygens (including phenoxy) is 1. The van der Waals surface area contributed by atoms with Gasteiger partial charge in [0.1, 0.15) is 18.2 Å². The molecule has 5 heteroatoms. The molecule has 0 aliphatic carbocycles. The van der Waals surface area contributed by atoms with E-state index in [1.807, 2.05) is 0 Å². The van der Waals surface area contributed by atoms with Crippen molar-refractivity contribution in [1.29, 1.82) is 0 Å². The van der Waals surface area contributed by atoms with Gasteiger partial charge in [-0.25, -0.2) is 4.39 Å². The molecule has 1 N–H and O–H groups in total. The fourth-order valence-corrected chi connectivity index (χ4v) is 2.21. The summed E-state index contributed by atoms with van der Waals surface area (Å²) in [6.45, 7) is 0.215. The molecule has 0 heterocycles. The van der Waals surface area contributed by atoms with Gasteiger partial charge in [0.15, 0.2) is 0 Å². The van der Waals surface area contributed by atoms with Gasteiger partial charge in [-0.15, -0.1) is 0 Å². The van der Waals surface area contributed by atoms with Crippen LogP contribution in [0.5, 0.6) is 5.75 Å². The minimum atomic E-state index is -0.461. The van der Waals surface area contributed by atoms with E-state index in [2.05, 4.69) is 15.9 Å². The topological polar surface area (TPSA) is 29.5 Å². The van der Waals surface area contributed by atoms with Gasteiger partial charge in [-0.2, -0.15) is 0 Å². The highest BCUT2D eigenvalue weighted by atomic mass is 79.9. The second kappa shape index (κ2) is 6.37. The Labute approximate surface area is 123 Å². The lowest BCUT2D eigenvalue weighted by molar-refractivity contribution is 0.280. The van der Waals surface area contributed by atoms with Gasteiger partial charge in [-0.05, 0) is 51.3 Å². The molecule has 0 unspecified atom stereocenters. The Kier molecular flexibility index (Phi) is 4.80. The highest BCUT2D eigenvalue weighted by Gasteiger charge is 2.05. The highest BCUT2D eigenvalue weighted by Crippen LogP contribution is 2.27. The van der Waals surface area contributed by atoms with E-state index in [9.17, 15) is 4.39 Å². The van der Waals surface area contributed by atoms with Crippen molar-refractivity contribution in [2.24, 2.45) is 0 Å². The van der Waals surface area contributed by atoms with E-state index in [4.69, 9.17) is 21.4 Å². The molecule has 2 nitrogen and oxygen atoms in total. The Hall–Kier alpha value is -1.10.